The van der Waals surface area contributed by atoms with Crippen molar-refractivity contribution in [3.05, 3.63) is 71.2 Å². The number of benzene rings is 1. The van der Waals surface area contributed by atoms with E-state index in [4.69, 9.17) is 5.73 Å². The van der Waals surface area contributed by atoms with Crippen LogP contribution >= 0.6 is 0 Å². The summed E-state index contributed by atoms with van der Waals surface area (Å²) in [4.78, 5) is 32.0. The molecule has 0 unspecified atom stereocenters. The van der Waals surface area contributed by atoms with Crippen molar-refractivity contribution in [1.29, 1.82) is 0 Å². The van der Waals surface area contributed by atoms with E-state index in [0.29, 0.717) is 36.7 Å². The lowest BCUT2D eigenvalue weighted by Gasteiger charge is -2.26. The quantitative estimate of drug-likeness (QED) is 0.420. The molecule has 2 atom stereocenters. The number of nitrogens with zero attached hydrogens (tertiary/aromatic N) is 3. The Labute approximate surface area is 183 Å². The van der Waals surface area contributed by atoms with Gasteiger partial charge in [0.2, 0.25) is 5.91 Å². The summed E-state index contributed by atoms with van der Waals surface area (Å²) >= 11 is 0. The van der Waals surface area contributed by atoms with Gasteiger partial charge in [-0.3, -0.25) is 9.59 Å². The summed E-state index contributed by atoms with van der Waals surface area (Å²) < 4.78 is 0.777. The number of hydrogen-bond acceptors (Lipinski definition) is 4. The third kappa shape index (κ3) is 5.76. The topological polar surface area (TPSA) is 103 Å². The summed E-state index contributed by atoms with van der Waals surface area (Å²) in [7, 11) is 0. The minimum atomic E-state index is -0.616. The molecule has 1 aliphatic rings. The summed E-state index contributed by atoms with van der Waals surface area (Å²) in [6.07, 6.45) is 3.52. The molecule has 0 aliphatic carbocycles. The number of carbonyl (C=O) groups excluding carboxylic acids is 2. The largest absolute Gasteiger partial charge is 0.618 e. The van der Waals surface area contributed by atoms with E-state index in [9.17, 15) is 14.8 Å². The van der Waals surface area contributed by atoms with Crippen molar-refractivity contribution in [3.63, 3.8) is 0 Å². The Kier molecular flexibility index (Phi) is 7.52. The maximum atomic E-state index is 13.2. The highest BCUT2D eigenvalue weighted by atomic mass is 16.5. The number of amides is 2. The van der Waals surface area contributed by atoms with E-state index in [1.165, 1.54) is 6.20 Å². The second-order valence-corrected chi connectivity index (χ2v) is 8.38. The molecule has 0 spiro atoms. The van der Waals surface area contributed by atoms with Gasteiger partial charge >= 0.3 is 0 Å². The molecule has 2 amide bonds. The first-order valence-electron chi connectivity index (χ1n) is 10.8. The first-order valence-corrected chi connectivity index (χ1v) is 10.8. The molecule has 2 aromatic rings. The van der Waals surface area contributed by atoms with Crippen LogP contribution < -0.4 is 10.5 Å². The lowest BCUT2D eigenvalue weighted by Crippen LogP contribution is -2.48. The number of rotatable bonds is 7. The molecule has 3 rings (SSSR count). The smallest absolute Gasteiger partial charge is 0.268 e. The summed E-state index contributed by atoms with van der Waals surface area (Å²) in [6, 6.07) is 13.3. The first kappa shape index (κ1) is 22.6. The van der Waals surface area contributed by atoms with Crippen LogP contribution in [0.25, 0.3) is 0 Å². The van der Waals surface area contributed by atoms with Crippen LogP contribution in [0.1, 0.15) is 44.4 Å². The van der Waals surface area contributed by atoms with E-state index < -0.39 is 12.1 Å². The second kappa shape index (κ2) is 10.3. The molecule has 1 fully saturated rings. The van der Waals surface area contributed by atoms with E-state index in [1.54, 1.807) is 23.1 Å². The second-order valence-electron chi connectivity index (χ2n) is 8.38. The van der Waals surface area contributed by atoms with Crippen LogP contribution in [0.5, 0.6) is 0 Å². The monoisotopic (exact) mass is 422 g/mol. The number of aromatic nitrogens is 1. The van der Waals surface area contributed by atoms with E-state index in [1.807, 2.05) is 44.2 Å². The van der Waals surface area contributed by atoms with Gasteiger partial charge in [0.05, 0.1) is 18.2 Å². The van der Waals surface area contributed by atoms with Crippen LogP contribution in [0.2, 0.25) is 0 Å². The number of aliphatic imine (C=N–C) groups is 1. The fourth-order valence-corrected chi connectivity index (χ4v) is 3.93. The van der Waals surface area contributed by atoms with Gasteiger partial charge in [-0.2, -0.15) is 4.73 Å². The lowest BCUT2D eigenvalue weighted by molar-refractivity contribution is -0.613. The van der Waals surface area contributed by atoms with Gasteiger partial charge in [-0.05, 0) is 36.8 Å². The average molecular weight is 423 g/mol. The molecule has 1 aromatic heterocycles. The molecule has 1 aromatic carbocycles. The Morgan fingerprint density at radius 3 is 2.58 bits per heavy atom. The molecule has 7 nitrogen and oxygen atoms in total. The molecule has 164 valence electrons. The van der Waals surface area contributed by atoms with Gasteiger partial charge in [0.15, 0.2) is 11.9 Å². The van der Waals surface area contributed by atoms with Gasteiger partial charge in [-0.25, -0.2) is 4.99 Å². The Hall–Kier alpha value is -3.06. The summed E-state index contributed by atoms with van der Waals surface area (Å²) in [5.74, 6) is -0.264. The molecule has 31 heavy (non-hydrogen) atoms. The number of carbonyl (C=O) groups is 2. The SMILES string of the molecule is CC(C)C[C@H](N)C(=O)N1CCC[C@H]1C(=O)N=C(Cc1cccc[n+]1[O-])c1ccccc1. The molecular formula is C24H30N4O3. The van der Waals surface area contributed by atoms with Crippen molar-refractivity contribution in [2.24, 2.45) is 16.6 Å². The third-order valence-electron chi connectivity index (χ3n) is 5.47. The zero-order valence-electron chi connectivity index (χ0n) is 18.1. The fourth-order valence-electron chi connectivity index (χ4n) is 3.93. The normalized spacial score (nSPS) is 17.7. The first-order chi connectivity index (χ1) is 14.9. The summed E-state index contributed by atoms with van der Waals surface area (Å²) in [5.41, 5.74) is 7.87. The van der Waals surface area contributed by atoms with E-state index >= 15 is 0 Å². The van der Waals surface area contributed by atoms with Crippen molar-refractivity contribution >= 4 is 17.5 Å². The molecule has 0 saturated carbocycles. The highest BCUT2D eigenvalue weighted by Crippen LogP contribution is 2.21. The van der Waals surface area contributed by atoms with Gasteiger partial charge < -0.3 is 15.8 Å². The molecule has 0 radical (unpaired) electrons. The Morgan fingerprint density at radius 2 is 1.90 bits per heavy atom. The standard InChI is InChI=1S/C24H30N4O3/c1-17(2)15-20(25)24(30)27-13-8-12-22(27)23(29)26-21(18-9-4-3-5-10-18)16-19-11-6-7-14-28(19)31/h3-7,9-11,14,17,20,22H,8,12-13,15-16,25H2,1-2H3/t20-,22-/m0/s1. The predicted molar refractivity (Wildman–Crippen MR) is 119 cm³/mol. The van der Waals surface area contributed by atoms with Crippen LogP contribution in [0.15, 0.2) is 59.7 Å². The lowest BCUT2D eigenvalue weighted by atomic mass is 10.0. The zero-order chi connectivity index (χ0) is 22.4. The highest BCUT2D eigenvalue weighted by Gasteiger charge is 2.36. The van der Waals surface area contributed by atoms with Gasteiger partial charge in [0.25, 0.3) is 5.91 Å². The van der Waals surface area contributed by atoms with Gasteiger partial charge in [-0.1, -0.05) is 44.2 Å². The minimum absolute atomic E-state index is 0.193. The van der Waals surface area contributed by atoms with E-state index in [-0.39, 0.29) is 18.2 Å². The maximum absolute atomic E-state index is 13.2. The predicted octanol–water partition coefficient (Wildman–Crippen LogP) is 2.24. The van der Waals surface area contributed by atoms with Crippen molar-refractivity contribution in [2.75, 3.05) is 6.54 Å². The highest BCUT2D eigenvalue weighted by molar-refractivity contribution is 6.08. The van der Waals surface area contributed by atoms with Crippen molar-refractivity contribution in [3.8, 4) is 0 Å². The number of hydrogen-bond donors (Lipinski definition) is 1. The molecule has 7 heteroatoms. The van der Waals surface area contributed by atoms with Crippen LogP contribution in [0.3, 0.4) is 0 Å². The van der Waals surface area contributed by atoms with E-state index in [0.717, 1.165) is 16.7 Å². The van der Waals surface area contributed by atoms with Crippen molar-refractivity contribution in [1.82, 2.24) is 4.90 Å². The molecule has 0 bridgehead atoms. The van der Waals surface area contributed by atoms with Crippen LogP contribution in [-0.2, 0) is 16.0 Å². The van der Waals surface area contributed by atoms with Gasteiger partial charge in [0, 0.05) is 18.7 Å². The Morgan fingerprint density at radius 1 is 1.19 bits per heavy atom. The van der Waals surface area contributed by atoms with Crippen LogP contribution in [-0.4, -0.2) is 41.1 Å². The maximum Gasteiger partial charge on any atom is 0.268 e. The Balaban J connectivity index is 1.86. The molecule has 1 aliphatic heterocycles. The molecule has 1 saturated heterocycles. The number of likely N-dealkylation sites (tertiary alicyclic amines) is 1. The van der Waals surface area contributed by atoms with Crippen LogP contribution in [0.4, 0.5) is 0 Å². The molecular weight excluding hydrogens is 392 g/mol. The zero-order valence-corrected chi connectivity index (χ0v) is 18.1. The van der Waals surface area contributed by atoms with E-state index in [2.05, 4.69) is 4.99 Å². The fraction of sp³-hybridized carbons (Fsp3) is 0.417. The van der Waals surface area contributed by atoms with Crippen LogP contribution in [0, 0.1) is 11.1 Å². The molecule has 2 N–H and O–H groups in total. The number of nitrogens with two attached hydrogens (primary N) is 1. The van der Waals surface area contributed by atoms with Crippen molar-refractivity contribution < 1.29 is 14.3 Å². The van der Waals surface area contributed by atoms with Gasteiger partial charge in [0.1, 0.15) is 6.04 Å². The van der Waals surface area contributed by atoms with Gasteiger partial charge in [-0.15, -0.1) is 0 Å². The third-order valence-corrected chi connectivity index (χ3v) is 5.47. The van der Waals surface area contributed by atoms with Crippen molar-refractivity contribution in [2.45, 2.75) is 51.6 Å². The average Bonchev–Trinajstić information content (AvgIpc) is 3.24. The molecule has 2 heterocycles. The summed E-state index contributed by atoms with van der Waals surface area (Å²) in [6.45, 7) is 4.54. The number of pyridine rings is 1. The summed E-state index contributed by atoms with van der Waals surface area (Å²) in [5, 5.41) is 12.1. The minimum Gasteiger partial charge on any atom is -0.618 e. The Bertz CT molecular complexity index is 943.